The van der Waals surface area contributed by atoms with Gasteiger partial charge in [-0.1, -0.05) is 0 Å². The van der Waals surface area contributed by atoms with Crippen LogP contribution in [0.4, 0.5) is 5.69 Å². The van der Waals surface area contributed by atoms with Crippen LogP contribution in [0.1, 0.15) is 6.42 Å². The molecule has 0 bridgehead atoms. The first-order chi connectivity index (χ1) is 12.0. The number of fused-ring (bicyclic) bond motifs is 1. The summed E-state index contributed by atoms with van der Waals surface area (Å²) >= 11 is 2.01. The molecule has 1 fully saturated rings. The predicted molar refractivity (Wildman–Crippen MR) is 99.2 cm³/mol. The summed E-state index contributed by atoms with van der Waals surface area (Å²) in [6.45, 7) is 1.33. The fourth-order valence-corrected chi connectivity index (χ4v) is 2.96. The van der Waals surface area contributed by atoms with Gasteiger partial charge in [-0.2, -0.15) is 0 Å². The third kappa shape index (κ3) is 3.54. The summed E-state index contributed by atoms with van der Waals surface area (Å²) in [4.78, 5) is 30.9. The van der Waals surface area contributed by atoms with Gasteiger partial charge >= 0.3 is 5.91 Å². The molecule has 2 aromatic heterocycles. The molecule has 130 valence electrons. The molecule has 1 saturated heterocycles. The molecule has 3 rings (SSSR count). The number of pyridine rings is 1. The topological polar surface area (TPSA) is 120 Å². The number of anilines is 1. The van der Waals surface area contributed by atoms with E-state index < -0.39 is 5.91 Å². The summed E-state index contributed by atoms with van der Waals surface area (Å²) in [5, 5.41) is 16.0. The second-order valence-corrected chi connectivity index (χ2v) is 6.42. The van der Waals surface area contributed by atoms with E-state index in [4.69, 9.17) is 5.41 Å². The first-order valence-electron chi connectivity index (χ1n) is 7.70. The highest BCUT2D eigenvalue weighted by Gasteiger charge is 2.29. The Hall–Kier alpha value is -2.34. The smallest absolute Gasteiger partial charge is 0.310 e. The zero-order valence-corrected chi connectivity index (χ0v) is 15.6. The van der Waals surface area contributed by atoms with Gasteiger partial charge in [0.2, 0.25) is 9.53 Å². The van der Waals surface area contributed by atoms with E-state index in [1.807, 2.05) is 22.6 Å². The zero-order valence-electron chi connectivity index (χ0n) is 13.5. The van der Waals surface area contributed by atoms with Crippen molar-refractivity contribution < 1.29 is 14.9 Å². The molecule has 0 radical (unpaired) electrons. The highest BCUT2D eigenvalue weighted by Crippen LogP contribution is 2.14. The summed E-state index contributed by atoms with van der Waals surface area (Å²) < 4.78 is 2.21. The molecular formula is C15H17IN7O2+. The summed E-state index contributed by atoms with van der Waals surface area (Å²) in [5.74, 6) is -0.722. The number of nitrogens with one attached hydrogen (secondary N) is 2. The standard InChI is InChI=1S/C15H16IN7O2/c1-18-12(10(8-17)14(25)22-4-2-5-22)13(24)19-9-3-6-23-11(7-9)20-15(16)21-23/h3,6-8,17-18H,2,4-5H2,1H3,(H,19,24)/p+1. The Labute approximate surface area is 157 Å². The van der Waals surface area contributed by atoms with E-state index in [9.17, 15) is 9.59 Å². The molecule has 1 aliphatic rings. The SMILES string of the molecule is C[NH2+]C(C(=O)Nc1ccn2nc(I)nc2c1)=C(C=N)C(=O)N1CCC1. The summed E-state index contributed by atoms with van der Waals surface area (Å²) in [7, 11) is 1.67. The molecule has 2 aromatic rings. The molecule has 10 heteroatoms. The Morgan fingerprint density at radius 2 is 2.20 bits per heavy atom. The Morgan fingerprint density at radius 1 is 1.44 bits per heavy atom. The van der Waals surface area contributed by atoms with Gasteiger partial charge < -0.3 is 20.9 Å². The van der Waals surface area contributed by atoms with Crippen molar-refractivity contribution in [3.63, 3.8) is 0 Å². The van der Waals surface area contributed by atoms with Gasteiger partial charge in [0, 0.05) is 59.8 Å². The number of aromatic nitrogens is 3. The number of carbonyl (C=O) groups is 2. The summed E-state index contributed by atoms with van der Waals surface area (Å²) in [6.07, 6.45) is 3.59. The van der Waals surface area contributed by atoms with Crippen LogP contribution >= 0.6 is 22.6 Å². The van der Waals surface area contributed by atoms with E-state index in [1.54, 1.807) is 40.1 Å². The molecular weight excluding hydrogens is 437 g/mol. The fourth-order valence-electron chi connectivity index (χ4n) is 2.48. The van der Waals surface area contributed by atoms with Crippen molar-refractivity contribution in [3.8, 4) is 0 Å². The lowest BCUT2D eigenvalue weighted by molar-refractivity contribution is -0.570. The van der Waals surface area contributed by atoms with E-state index >= 15 is 0 Å². The lowest BCUT2D eigenvalue weighted by Gasteiger charge is -2.31. The number of likely N-dealkylation sites (N-methyl/N-ethyl adjacent to an activating group) is 1. The first kappa shape index (κ1) is 17.5. The Kier molecular flexibility index (Phi) is 5.08. The quantitative estimate of drug-likeness (QED) is 0.324. The molecule has 0 saturated carbocycles. The van der Waals surface area contributed by atoms with E-state index in [2.05, 4.69) is 15.4 Å². The number of hydrogen-bond acceptors (Lipinski definition) is 5. The van der Waals surface area contributed by atoms with Crippen LogP contribution < -0.4 is 10.6 Å². The fraction of sp³-hybridized carbons (Fsp3) is 0.267. The third-order valence-corrected chi connectivity index (χ3v) is 4.37. The van der Waals surface area contributed by atoms with Crippen LogP contribution in [0, 0.1) is 9.24 Å². The van der Waals surface area contributed by atoms with Crippen molar-refractivity contribution in [3.05, 3.63) is 33.4 Å². The molecule has 0 spiro atoms. The van der Waals surface area contributed by atoms with E-state index in [0.29, 0.717) is 28.3 Å². The van der Waals surface area contributed by atoms with E-state index in [0.717, 1.165) is 12.6 Å². The molecule has 25 heavy (non-hydrogen) atoms. The third-order valence-electron chi connectivity index (χ3n) is 3.91. The molecule has 0 atom stereocenters. The Bertz CT molecular complexity index is 885. The van der Waals surface area contributed by atoms with Crippen molar-refractivity contribution in [1.29, 1.82) is 5.41 Å². The van der Waals surface area contributed by atoms with Crippen molar-refractivity contribution in [2.75, 3.05) is 25.5 Å². The molecule has 0 unspecified atom stereocenters. The minimum atomic E-state index is -0.437. The van der Waals surface area contributed by atoms with Crippen LogP contribution in [0.15, 0.2) is 29.6 Å². The number of rotatable bonds is 5. The van der Waals surface area contributed by atoms with Gasteiger partial charge in [0.15, 0.2) is 5.65 Å². The molecule has 9 nitrogen and oxygen atoms in total. The van der Waals surface area contributed by atoms with Crippen LogP contribution in [-0.2, 0) is 9.59 Å². The van der Waals surface area contributed by atoms with E-state index in [1.165, 1.54) is 0 Å². The van der Waals surface area contributed by atoms with Crippen LogP contribution in [0.5, 0.6) is 0 Å². The van der Waals surface area contributed by atoms with Crippen molar-refractivity contribution >= 4 is 52.0 Å². The normalized spacial score (nSPS) is 14.7. The van der Waals surface area contributed by atoms with Gasteiger partial charge in [-0.3, -0.25) is 9.59 Å². The van der Waals surface area contributed by atoms with Crippen LogP contribution in [0.25, 0.3) is 5.65 Å². The lowest BCUT2D eigenvalue weighted by Crippen LogP contribution is -2.80. The van der Waals surface area contributed by atoms with Gasteiger partial charge in [0.1, 0.15) is 5.57 Å². The van der Waals surface area contributed by atoms with E-state index in [-0.39, 0.29) is 17.2 Å². The minimum absolute atomic E-state index is 0.0952. The number of nitrogens with two attached hydrogens (primary N) is 1. The largest absolute Gasteiger partial charge is 0.338 e. The number of hydrogen-bond donors (Lipinski definition) is 3. The van der Waals surface area contributed by atoms with Crippen LogP contribution in [-0.4, -0.2) is 57.7 Å². The first-order valence-corrected chi connectivity index (χ1v) is 8.78. The molecule has 3 heterocycles. The molecule has 2 amide bonds. The molecule has 1 aliphatic heterocycles. The highest BCUT2D eigenvalue weighted by molar-refractivity contribution is 14.1. The van der Waals surface area contributed by atoms with Crippen molar-refractivity contribution in [2.45, 2.75) is 6.42 Å². The number of nitrogens with zero attached hydrogens (tertiary/aromatic N) is 4. The van der Waals surface area contributed by atoms with Crippen molar-refractivity contribution in [2.24, 2.45) is 0 Å². The average Bonchev–Trinajstić information content (AvgIpc) is 2.89. The Balaban J connectivity index is 1.85. The predicted octanol–water partition coefficient (Wildman–Crippen LogP) is -0.398. The second kappa shape index (κ2) is 7.27. The minimum Gasteiger partial charge on any atom is -0.338 e. The second-order valence-electron chi connectivity index (χ2n) is 5.46. The zero-order chi connectivity index (χ0) is 18.0. The maximum atomic E-state index is 12.6. The number of carbonyl (C=O) groups excluding carboxylic acids is 2. The summed E-state index contributed by atoms with van der Waals surface area (Å²) in [5.41, 5.74) is 1.43. The Morgan fingerprint density at radius 3 is 2.80 bits per heavy atom. The number of amides is 2. The molecule has 4 N–H and O–H groups in total. The van der Waals surface area contributed by atoms with Gasteiger partial charge in [-0.15, -0.1) is 5.10 Å². The monoisotopic (exact) mass is 454 g/mol. The number of halogens is 1. The number of quaternary nitrogens is 1. The van der Waals surface area contributed by atoms with Crippen molar-refractivity contribution in [1.82, 2.24) is 19.5 Å². The lowest BCUT2D eigenvalue weighted by atomic mass is 10.1. The maximum Gasteiger partial charge on any atom is 0.310 e. The van der Waals surface area contributed by atoms with Crippen LogP contribution in [0.2, 0.25) is 0 Å². The van der Waals surface area contributed by atoms with Gasteiger partial charge in [0.25, 0.3) is 5.91 Å². The molecule has 0 aliphatic carbocycles. The van der Waals surface area contributed by atoms with Gasteiger partial charge in [-0.05, 0) is 12.5 Å². The summed E-state index contributed by atoms with van der Waals surface area (Å²) in [6, 6.07) is 3.39. The van der Waals surface area contributed by atoms with Gasteiger partial charge in [-0.25, -0.2) is 9.50 Å². The maximum absolute atomic E-state index is 12.6. The molecule has 0 aromatic carbocycles. The van der Waals surface area contributed by atoms with Gasteiger partial charge in [0.05, 0.1) is 7.05 Å². The average molecular weight is 454 g/mol. The number of likely N-dealkylation sites (tertiary alicyclic amines) is 1. The van der Waals surface area contributed by atoms with Crippen LogP contribution in [0.3, 0.4) is 0 Å². The highest BCUT2D eigenvalue weighted by atomic mass is 127.